The van der Waals surface area contributed by atoms with Crippen molar-refractivity contribution in [3.63, 3.8) is 0 Å². The molecule has 3 aromatic rings. The van der Waals surface area contributed by atoms with Gasteiger partial charge in [-0.1, -0.05) is 36.4 Å². The molecule has 0 N–H and O–H groups in total. The molecule has 2 aliphatic heterocycles. The van der Waals surface area contributed by atoms with Crippen molar-refractivity contribution < 1.29 is 45.3 Å². The van der Waals surface area contributed by atoms with Crippen molar-refractivity contribution in [2.24, 2.45) is 0 Å². The van der Waals surface area contributed by atoms with Crippen molar-refractivity contribution in [3.8, 4) is 0 Å². The van der Waals surface area contributed by atoms with E-state index in [0.717, 1.165) is 6.42 Å². The largest absolute Gasteiger partial charge is 1.00 e. The van der Waals surface area contributed by atoms with Crippen LogP contribution in [0.5, 0.6) is 0 Å². The van der Waals surface area contributed by atoms with Crippen LogP contribution in [0.2, 0.25) is 24.2 Å². The summed E-state index contributed by atoms with van der Waals surface area (Å²) in [6.07, 6.45) is 8.24. The number of benzene rings is 2. The number of hydrogen-bond acceptors (Lipinski definition) is 0. The van der Waals surface area contributed by atoms with Gasteiger partial charge in [-0.05, 0) is 0 Å². The molecule has 0 nitrogen and oxygen atoms in total. The van der Waals surface area contributed by atoms with E-state index in [9.17, 15) is 0 Å². The molecule has 0 amide bonds. The van der Waals surface area contributed by atoms with Crippen molar-refractivity contribution in [1.82, 2.24) is 0 Å². The van der Waals surface area contributed by atoms with E-state index in [2.05, 4.69) is 73.7 Å². The van der Waals surface area contributed by atoms with Crippen LogP contribution in [0, 0.1) is 6.08 Å². The number of rotatable bonds is 0. The first-order valence-electron chi connectivity index (χ1n) is 9.52. The Hall–Kier alpha value is -0.313. The molecule has 28 heavy (non-hydrogen) atoms. The third-order valence-electron chi connectivity index (χ3n) is 5.21. The van der Waals surface area contributed by atoms with Gasteiger partial charge in [-0.3, -0.25) is 6.08 Å². The van der Waals surface area contributed by atoms with E-state index in [0.29, 0.717) is 31.3 Å². The number of hydrogen-bond donors (Lipinski definition) is 0. The predicted octanol–water partition coefficient (Wildman–Crippen LogP) is 0.495. The van der Waals surface area contributed by atoms with E-state index in [1.54, 1.807) is 24.2 Å². The molecule has 0 aromatic heterocycles. The Morgan fingerprint density at radius 3 is 1.64 bits per heavy atom. The van der Waals surface area contributed by atoms with Crippen LogP contribution < -0.4 is 24.8 Å². The minimum atomic E-state index is 0. The quantitative estimate of drug-likeness (QED) is 0.300. The average molecular weight is 519 g/mol. The summed E-state index contributed by atoms with van der Waals surface area (Å²) >= 11 is 0.465. The molecule has 2 bridgehead atoms. The molecule has 0 fully saturated rings. The molecule has 0 radical (unpaired) electrons. The fourth-order valence-electron chi connectivity index (χ4n) is 3.76. The molecule has 6 rings (SSSR count). The van der Waals surface area contributed by atoms with E-state index in [1.807, 2.05) is 6.08 Å². The molecular weight excluding hydrogens is 495 g/mol. The maximum atomic E-state index is 3.05. The number of allylic oxidation sites excluding steroid dienone is 4. The number of halogens is 2. The first-order chi connectivity index (χ1) is 12.8. The summed E-state index contributed by atoms with van der Waals surface area (Å²) in [6, 6.07) is 26.4. The first kappa shape index (κ1) is 24.0. The van der Waals surface area contributed by atoms with Crippen molar-refractivity contribution in [2.75, 3.05) is 0 Å². The normalized spacial score (nSPS) is 15.4. The Morgan fingerprint density at radius 2 is 1.32 bits per heavy atom. The standard InChI is InChI=1S/C13H9.C6H7.C4H8Si2.2ClH.Zr/c1-3-7-12-10(5-1)9-11-6-2-4-8-13(11)12;1-6-4-2-3-5-6;1-2-6-4-3-5-1;;;/h1-9H;4-5H,2H2,1H3;1-4H2;2*1H;/q2*-1;;;;/p-2. The molecular formula is C23H24Cl2Si2Zr-4. The minimum Gasteiger partial charge on any atom is -1.00 e. The molecule has 1 aliphatic carbocycles. The minimum absolute atomic E-state index is 0. The summed E-state index contributed by atoms with van der Waals surface area (Å²) in [5.74, 6) is 0. The fraction of sp³-hybridized carbons (Fsp3) is 0.261. The second kappa shape index (κ2) is 11.8. The third-order valence-corrected chi connectivity index (χ3v) is 35.5. The Balaban J connectivity index is 0.000000160. The molecule has 5 heteroatoms. The van der Waals surface area contributed by atoms with Gasteiger partial charge in [-0.15, -0.1) is 53.1 Å². The summed E-state index contributed by atoms with van der Waals surface area (Å²) < 4.78 is 0. The zero-order valence-corrected chi connectivity index (χ0v) is 22.1. The van der Waals surface area contributed by atoms with Gasteiger partial charge in [-0.25, -0.2) is 11.6 Å². The Morgan fingerprint density at radius 1 is 0.821 bits per heavy atom. The predicted molar refractivity (Wildman–Crippen MR) is 114 cm³/mol. The van der Waals surface area contributed by atoms with Crippen LogP contribution in [-0.4, -0.2) is 10.9 Å². The summed E-state index contributed by atoms with van der Waals surface area (Å²) in [6.45, 7) is 2.08. The van der Waals surface area contributed by atoms with E-state index >= 15 is 0 Å². The molecule has 2 heterocycles. The summed E-state index contributed by atoms with van der Waals surface area (Å²) in [5, 5.41) is 5.39. The van der Waals surface area contributed by atoms with Crippen molar-refractivity contribution in [2.45, 2.75) is 37.5 Å². The summed E-state index contributed by atoms with van der Waals surface area (Å²) in [4.78, 5) is 0. The Labute approximate surface area is 192 Å². The van der Waals surface area contributed by atoms with Gasteiger partial charge in [0.25, 0.3) is 0 Å². The van der Waals surface area contributed by atoms with Crippen LogP contribution in [0.3, 0.4) is 0 Å². The van der Waals surface area contributed by atoms with Crippen LogP contribution in [0.15, 0.2) is 72.3 Å². The molecule has 0 saturated carbocycles. The zero-order valence-electron chi connectivity index (χ0n) is 16.1. The maximum Gasteiger partial charge on any atom is -0.0771 e. The van der Waals surface area contributed by atoms with Crippen LogP contribution >= 0.6 is 0 Å². The van der Waals surface area contributed by atoms with Gasteiger partial charge in [0, 0.05) is 0 Å². The second-order valence-electron chi connectivity index (χ2n) is 7.15. The summed E-state index contributed by atoms with van der Waals surface area (Å²) in [5.41, 5.74) is 2.42. The van der Waals surface area contributed by atoms with Crippen LogP contribution in [-0.2, 0) is 20.5 Å². The van der Waals surface area contributed by atoms with E-state index in [-0.39, 0.29) is 24.8 Å². The molecule has 3 aliphatic rings. The fourth-order valence-corrected chi connectivity index (χ4v) is 46.3. The third kappa shape index (κ3) is 6.09. The first-order valence-corrected chi connectivity index (χ1v) is 20.7. The van der Waals surface area contributed by atoms with Crippen LogP contribution in [0.25, 0.3) is 21.5 Å². The molecule has 3 aromatic carbocycles. The SMILES string of the molecule is C1C[Si]2=[Zr]=[Si]1CC2.CC1=CC[C-]=C1.[Cl-].[Cl-].c1ccc2c(c1)[cH-]c1ccccc12. The average Bonchev–Trinajstić information content (AvgIpc) is 3.47. The van der Waals surface area contributed by atoms with Crippen molar-refractivity contribution in [1.29, 1.82) is 0 Å². The van der Waals surface area contributed by atoms with Gasteiger partial charge in [-0.2, -0.15) is 6.08 Å². The molecule has 146 valence electrons. The monoisotopic (exact) mass is 516 g/mol. The molecule has 0 atom stereocenters. The van der Waals surface area contributed by atoms with E-state index in [1.165, 1.54) is 27.1 Å². The van der Waals surface area contributed by atoms with Gasteiger partial charge in [0.2, 0.25) is 0 Å². The topological polar surface area (TPSA) is 0 Å². The Kier molecular flexibility index (Phi) is 10.1. The second-order valence-corrected chi connectivity index (χ2v) is 28.5. The zero-order chi connectivity index (χ0) is 17.8. The molecule has 0 unspecified atom stereocenters. The van der Waals surface area contributed by atoms with Gasteiger partial charge in [0.1, 0.15) is 0 Å². The maximum absolute atomic E-state index is 3.05. The van der Waals surface area contributed by atoms with Crippen molar-refractivity contribution in [3.05, 3.63) is 78.4 Å². The van der Waals surface area contributed by atoms with Gasteiger partial charge in [0.15, 0.2) is 0 Å². The van der Waals surface area contributed by atoms with Gasteiger partial charge in [0.05, 0.1) is 0 Å². The number of fused-ring (bicyclic) bond motifs is 3. The molecule has 0 saturated heterocycles. The van der Waals surface area contributed by atoms with Crippen LogP contribution in [0.4, 0.5) is 0 Å². The smallest absolute Gasteiger partial charge is 0.0771 e. The van der Waals surface area contributed by atoms with E-state index < -0.39 is 0 Å². The van der Waals surface area contributed by atoms with Crippen LogP contribution in [0.1, 0.15) is 13.3 Å². The van der Waals surface area contributed by atoms with Crippen molar-refractivity contribution >= 4 is 32.4 Å². The Bertz CT molecular complexity index is 991. The van der Waals surface area contributed by atoms with Gasteiger partial charge >= 0.3 is 55.5 Å². The molecule has 0 spiro atoms. The van der Waals surface area contributed by atoms with Gasteiger partial charge < -0.3 is 24.8 Å². The summed E-state index contributed by atoms with van der Waals surface area (Å²) in [7, 11) is 0. The van der Waals surface area contributed by atoms with E-state index in [4.69, 9.17) is 0 Å².